The van der Waals surface area contributed by atoms with Gasteiger partial charge in [0.15, 0.2) is 0 Å². The van der Waals surface area contributed by atoms with Crippen LogP contribution >= 0.6 is 0 Å². The van der Waals surface area contributed by atoms with Crippen LogP contribution in [-0.4, -0.2) is 12.6 Å². The molecule has 0 bridgehead atoms. The van der Waals surface area contributed by atoms with Crippen LogP contribution in [0.5, 0.6) is 0 Å². The molecule has 0 aliphatic heterocycles. The third kappa shape index (κ3) is 1.93. The molecule has 1 fully saturated rings. The SMILES string of the molecule is CCOC(=O)/C(C)=C1\CC(C)C1C. The normalized spacial score (nSPS) is 30.8. The van der Waals surface area contributed by atoms with Crippen LogP contribution < -0.4 is 0 Å². The van der Waals surface area contributed by atoms with Gasteiger partial charge in [0.05, 0.1) is 6.61 Å². The molecule has 2 atom stereocenters. The lowest BCUT2D eigenvalue weighted by Crippen LogP contribution is -2.26. The second kappa shape index (κ2) is 3.95. The summed E-state index contributed by atoms with van der Waals surface area (Å²) < 4.78 is 4.95. The molecule has 2 nitrogen and oxygen atoms in total. The minimum Gasteiger partial charge on any atom is -0.463 e. The van der Waals surface area contributed by atoms with Crippen LogP contribution in [0.4, 0.5) is 0 Å². The summed E-state index contributed by atoms with van der Waals surface area (Å²) in [6.45, 7) is 8.56. The fourth-order valence-electron chi connectivity index (χ4n) is 1.76. The Morgan fingerprint density at radius 2 is 2.15 bits per heavy atom. The Morgan fingerprint density at radius 1 is 1.54 bits per heavy atom. The molecule has 1 saturated carbocycles. The molecule has 0 heterocycles. The highest BCUT2D eigenvalue weighted by Gasteiger charge is 2.31. The highest BCUT2D eigenvalue weighted by Crippen LogP contribution is 2.41. The molecule has 0 saturated heterocycles. The first-order valence-corrected chi connectivity index (χ1v) is 4.94. The van der Waals surface area contributed by atoms with Crippen LogP contribution in [0.2, 0.25) is 0 Å². The van der Waals surface area contributed by atoms with Crippen molar-refractivity contribution in [3.05, 3.63) is 11.1 Å². The van der Waals surface area contributed by atoms with E-state index in [1.54, 1.807) is 0 Å². The van der Waals surface area contributed by atoms with Gasteiger partial charge in [-0.05, 0) is 32.1 Å². The van der Waals surface area contributed by atoms with E-state index >= 15 is 0 Å². The Hall–Kier alpha value is -0.790. The van der Waals surface area contributed by atoms with E-state index in [-0.39, 0.29) is 5.97 Å². The van der Waals surface area contributed by atoms with Gasteiger partial charge in [-0.3, -0.25) is 0 Å². The van der Waals surface area contributed by atoms with Crippen LogP contribution in [0.25, 0.3) is 0 Å². The summed E-state index contributed by atoms with van der Waals surface area (Å²) in [5.41, 5.74) is 2.11. The number of rotatable bonds is 2. The minimum absolute atomic E-state index is 0.142. The lowest BCUT2D eigenvalue weighted by Gasteiger charge is -2.35. The van der Waals surface area contributed by atoms with Gasteiger partial charge in [-0.1, -0.05) is 19.4 Å². The average molecular weight is 182 g/mol. The van der Waals surface area contributed by atoms with Crippen molar-refractivity contribution in [2.75, 3.05) is 6.61 Å². The first-order chi connectivity index (χ1) is 6.07. The van der Waals surface area contributed by atoms with E-state index in [0.717, 1.165) is 17.9 Å². The molecule has 0 spiro atoms. The number of ether oxygens (including phenoxy) is 1. The summed E-state index contributed by atoms with van der Waals surface area (Å²) in [6, 6.07) is 0. The van der Waals surface area contributed by atoms with Crippen LogP contribution in [0.3, 0.4) is 0 Å². The van der Waals surface area contributed by atoms with Crippen molar-refractivity contribution >= 4 is 5.97 Å². The molecule has 0 aromatic rings. The van der Waals surface area contributed by atoms with E-state index in [1.165, 1.54) is 5.57 Å². The number of allylic oxidation sites excluding steroid dienone is 1. The molecule has 2 unspecified atom stereocenters. The van der Waals surface area contributed by atoms with Gasteiger partial charge >= 0.3 is 5.97 Å². The summed E-state index contributed by atoms with van der Waals surface area (Å²) >= 11 is 0. The summed E-state index contributed by atoms with van der Waals surface area (Å²) in [5, 5.41) is 0. The Labute approximate surface area is 80.0 Å². The Balaban J connectivity index is 2.65. The molecule has 0 amide bonds. The largest absolute Gasteiger partial charge is 0.463 e. The van der Waals surface area contributed by atoms with Crippen molar-refractivity contribution in [3.8, 4) is 0 Å². The summed E-state index contributed by atoms with van der Waals surface area (Å²) in [7, 11) is 0. The van der Waals surface area contributed by atoms with E-state index < -0.39 is 0 Å². The van der Waals surface area contributed by atoms with E-state index in [4.69, 9.17) is 4.74 Å². The second-order valence-corrected chi connectivity index (χ2v) is 3.84. The third-order valence-electron chi connectivity index (χ3n) is 3.01. The molecule has 0 radical (unpaired) electrons. The van der Waals surface area contributed by atoms with Crippen molar-refractivity contribution in [2.24, 2.45) is 11.8 Å². The van der Waals surface area contributed by atoms with Gasteiger partial charge < -0.3 is 4.74 Å². The first-order valence-electron chi connectivity index (χ1n) is 4.94. The topological polar surface area (TPSA) is 26.3 Å². The van der Waals surface area contributed by atoms with E-state index in [1.807, 2.05) is 13.8 Å². The molecule has 13 heavy (non-hydrogen) atoms. The number of carbonyl (C=O) groups is 1. The maximum Gasteiger partial charge on any atom is 0.333 e. The predicted molar refractivity (Wildman–Crippen MR) is 52.3 cm³/mol. The van der Waals surface area contributed by atoms with Crippen LogP contribution in [0.1, 0.15) is 34.1 Å². The number of hydrogen-bond acceptors (Lipinski definition) is 2. The quantitative estimate of drug-likeness (QED) is 0.484. The van der Waals surface area contributed by atoms with Gasteiger partial charge in [-0.2, -0.15) is 0 Å². The molecule has 1 aliphatic rings. The molecule has 0 aromatic carbocycles. The van der Waals surface area contributed by atoms with Gasteiger partial charge in [0.1, 0.15) is 0 Å². The second-order valence-electron chi connectivity index (χ2n) is 3.84. The summed E-state index contributed by atoms with van der Waals surface area (Å²) in [4.78, 5) is 11.3. The van der Waals surface area contributed by atoms with Gasteiger partial charge in [0.25, 0.3) is 0 Å². The van der Waals surface area contributed by atoms with Crippen molar-refractivity contribution < 1.29 is 9.53 Å². The lowest BCUT2D eigenvalue weighted by atomic mass is 9.69. The molecule has 0 N–H and O–H groups in total. The standard InChI is InChI=1S/C11H18O2/c1-5-13-11(12)9(4)10-6-7(2)8(10)3/h7-8H,5-6H2,1-4H3/b10-9+. The van der Waals surface area contributed by atoms with Crippen molar-refractivity contribution in [1.29, 1.82) is 0 Å². The third-order valence-corrected chi connectivity index (χ3v) is 3.01. The van der Waals surface area contributed by atoms with E-state index in [9.17, 15) is 4.79 Å². The fraction of sp³-hybridized carbons (Fsp3) is 0.727. The minimum atomic E-state index is -0.142. The van der Waals surface area contributed by atoms with Gasteiger partial charge in [-0.25, -0.2) is 4.79 Å². The highest BCUT2D eigenvalue weighted by atomic mass is 16.5. The predicted octanol–water partition coefficient (Wildman–Crippen LogP) is 2.54. The molecule has 0 aromatic heterocycles. The monoisotopic (exact) mass is 182 g/mol. The summed E-state index contributed by atoms with van der Waals surface area (Å²) in [6.07, 6.45) is 1.06. The van der Waals surface area contributed by atoms with E-state index in [0.29, 0.717) is 12.5 Å². The number of carbonyl (C=O) groups excluding carboxylic acids is 1. The van der Waals surface area contributed by atoms with Crippen LogP contribution in [0, 0.1) is 11.8 Å². The molecule has 2 heteroatoms. The van der Waals surface area contributed by atoms with Gasteiger partial charge in [0.2, 0.25) is 0 Å². The molecule has 1 aliphatic carbocycles. The van der Waals surface area contributed by atoms with Crippen molar-refractivity contribution in [2.45, 2.75) is 34.1 Å². The molecule has 1 rings (SSSR count). The average Bonchev–Trinajstić information content (AvgIpc) is 2.12. The van der Waals surface area contributed by atoms with Crippen LogP contribution in [0.15, 0.2) is 11.1 Å². The Bertz CT molecular complexity index is 240. The molecule has 74 valence electrons. The van der Waals surface area contributed by atoms with Crippen molar-refractivity contribution in [1.82, 2.24) is 0 Å². The van der Waals surface area contributed by atoms with Crippen molar-refractivity contribution in [3.63, 3.8) is 0 Å². The van der Waals surface area contributed by atoms with Gasteiger partial charge in [-0.15, -0.1) is 0 Å². The smallest absolute Gasteiger partial charge is 0.333 e. The maximum absolute atomic E-state index is 11.3. The van der Waals surface area contributed by atoms with E-state index in [2.05, 4.69) is 13.8 Å². The Kier molecular flexibility index (Phi) is 3.12. The molecular weight excluding hydrogens is 164 g/mol. The van der Waals surface area contributed by atoms with Crippen LogP contribution in [-0.2, 0) is 9.53 Å². The highest BCUT2D eigenvalue weighted by molar-refractivity contribution is 5.89. The zero-order valence-electron chi connectivity index (χ0n) is 8.89. The fourth-order valence-corrected chi connectivity index (χ4v) is 1.76. The first kappa shape index (κ1) is 10.3. The molecular formula is C11H18O2. The maximum atomic E-state index is 11.3. The van der Waals surface area contributed by atoms with Gasteiger partial charge in [0, 0.05) is 5.57 Å². The number of esters is 1. The zero-order valence-corrected chi connectivity index (χ0v) is 8.89. The zero-order chi connectivity index (χ0) is 10.0. The summed E-state index contributed by atoms with van der Waals surface area (Å²) in [5.74, 6) is 1.14. The lowest BCUT2D eigenvalue weighted by molar-refractivity contribution is -0.138. The number of hydrogen-bond donors (Lipinski definition) is 0. The Morgan fingerprint density at radius 3 is 2.54 bits per heavy atom.